The minimum absolute atomic E-state index is 0.112. The molecule has 0 atom stereocenters. The predicted octanol–water partition coefficient (Wildman–Crippen LogP) is 0.144. The van der Waals surface area contributed by atoms with Gasteiger partial charge in [-0.15, -0.1) is 11.3 Å². The van der Waals surface area contributed by atoms with E-state index in [-0.39, 0.29) is 18.0 Å². The van der Waals surface area contributed by atoms with E-state index in [1.807, 2.05) is 0 Å². The first-order valence-corrected chi connectivity index (χ1v) is 7.42. The van der Waals surface area contributed by atoms with Crippen molar-refractivity contribution < 1.29 is 18.0 Å². The summed E-state index contributed by atoms with van der Waals surface area (Å²) in [6.45, 7) is -0.136. The van der Waals surface area contributed by atoms with Crippen molar-refractivity contribution in [2.75, 3.05) is 6.54 Å². The van der Waals surface area contributed by atoms with Crippen LogP contribution in [-0.4, -0.2) is 30.2 Å². The summed E-state index contributed by atoms with van der Waals surface area (Å²) in [5, 5.41) is 14.1. The summed E-state index contributed by atoms with van der Waals surface area (Å²) in [4.78, 5) is 4.31. The largest absolute Gasteiger partial charge is 0.391 e. The predicted molar refractivity (Wildman–Crippen MR) is 63.4 cm³/mol. The lowest BCUT2D eigenvalue weighted by Crippen LogP contribution is -2.26. The summed E-state index contributed by atoms with van der Waals surface area (Å²) in [7, 11) is -3.60. The molecule has 0 radical (unpaired) electrons. The van der Waals surface area contributed by atoms with Gasteiger partial charge in [0.1, 0.15) is 0 Å². The van der Waals surface area contributed by atoms with Crippen molar-refractivity contribution >= 4 is 21.4 Å². The van der Waals surface area contributed by atoms with Crippen LogP contribution in [0.3, 0.4) is 0 Å². The van der Waals surface area contributed by atoms with Gasteiger partial charge in [0.15, 0.2) is 6.33 Å². The van der Waals surface area contributed by atoms with Crippen LogP contribution < -0.4 is 4.72 Å². The van der Waals surface area contributed by atoms with E-state index in [4.69, 9.17) is 9.63 Å². The third-order valence-corrected chi connectivity index (χ3v) is 4.76. The molecule has 2 rings (SSSR count). The van der Waals surface area contributed by atoms with Crippen molar-refractivity contribution in [1.82, 2.24) is 14.9 Å². The Morgan fingerprint density at radius 3 is 3.00 bits per heavy atom. The highest BCUT2D eigenvalue weighted by molar-refractivity contribution is 7.89. The molecule has 18 heavy (non-hydrogen) atoms. The van der Waals surface area contributed by atoms with Gasteiger partial charge in [-0.05, 0) is 11.4 Å². The zero-order valence-corrected chi connectivity index (χ0v) is 10.9. The molecular formula is C9H11N3O4S2. The van der Waals surface area contributed by atoms with Crippen molar-refractivity contribution in [3.8, 4) is 0 Å². The molecule has 7 nitrogen and oxygen atoms in total. The Bertz CT molecular complexity index is 591. The molecule has 0 amide bonds. The van der Waals surface area contributed by atoms with E-state index in [1.54, 1.807) is 5.38 Å². The van der Waals surface area contributed by atoms with Crippen molar-refractivity contribution in [3.63, 3.8) is 0 Å². The van der Waals surface area contributed by atoms with Crippen LogP contribution in [0, 0.1) is 0 Å². The molecule has 0 aromatic carbocycles. The van der Waals surface area contributed by atoms with Crippen LogP contribution in [0.5, 0.6) is 0 Å². The number of nitrogens with zero attached hydrogens (tertiary/aromatic N) is 2. The quantitative estimate of drug-likeness (QED) is 0.784. The van der Waals surface area contributed by atoms with Crippen LogP contribution >= 0.6 is 11.3 Å². The number of hydrogen-bond donors (Lipinski definition) is 2. The lowest BCUT2D eigenvalue weighted by atomic mass is 10.4. The van der Waals surface area contributed by atoms with Gasteiger partial charge in [0.25, 0.3) is 0 Å². The van der Waals surface area contributed by atoms with Crippen LogP contribution in [0.2, 0.25) is 0 Å². The van der Waals surface area contributed by atoms with Crippen molar-refractivity contribution in [2.24, 2.45) is 0 Å². The molecule has 0 unspecified atom stereocenters. The van der Waals surface area contributed by atoms with Gasteiger partial charge in [0, 0.05) is 17.8 Å². The number of thiophene rings is 1. The topological polar surface area (TPSA) is 105 Å². The highest BCUT2D eigenvalue weighted by Gasteiger charge is 2.18. The standard InChI is InChI=1S/C9H11N3O4S2/c13-5-7-8(2-4-17-7)18(14,15)12-3-1-9-10-6-11-16-9/h2,4,6,12-13H,1,3,5H2. The lowest BCUT2D eigenvalue weighted by molar-refractivity contribution is 0.282. The number of nitrogens with one attached hydrogen (secondary N) is 1. The van der Waals surface area contributed by atoms with Crippen LogP contribution in [-0.2, 0) is 23.1 Å². The first-order chi connectivity index (χ1) is 8.63. The average Bonchev–Trinajstić information content (AvgIpc) is 2.99. The fourth-order valence-corrected chi connectivity index (χ4v) is 3.68. The minimum atomic E-state index is -3.60. The molecule has 0 aliphatic carbocycles. The molecule has 0 saturated carbocycles. The van der Waals surface area contributed by atoms with E-state index in [9.17, 15) is 8.42 Å². The normalized spacial score (nSPS) is 11.8. The second-order valence-corrected chi connectivity index (χ2v) is 6.08. The van der Waals surface area contributed by atoms with Crippen molar-refractivity contribution in [1.29, 1.82) is 0 Å². The average molecular weight is 289 g/mol. The summed E-state index contributed by atoms with van der Waals surface area (Å²) >= 11 is 1.20. The summed E-state index contributed by atoms with van der Waals surface area (Å²) < 4.78 is 31.0. The number of rotatable bonds is 6. The third kappa shape index (κ3) is 2.93. The maximum atomic E-state index is 11.9. The summed E-state index contributed by atoms with van der Waals surface area (Å²) in [6.07, 6.45) is 1.57. The molecule has 2 aromatic rings. The molecule has 2 aromatic heterocycles. The molecule has 9 heteroatoms. The van der Waals surface area contributed by atoms with E-state index < -0.39 is 10.0 Å². The molecular weight excluding hydrogens is 278 g/mol. The second kappa shape index (κ2) is 5.57. The van der Waals surface area contributed by atoms with Crippen LogP contribution in [0.15, 0.2) is 27.2 Å². The molecule has 0 spiro atoms. The van der Waals surface area contributed by atoms with Gasteiger partial charge >= 0.3 is 0 Å². The number of aromatic nitrogens is 2. The Hall–Kier alpha value is -1.29. The number of sulfonamides is 1. The van der Waals surface area contributed by atoms with Gasteiger partial charge in [0.05, 0.1) is 11.5 Å². The number of aliphatic hydroxyl groups is 1. The second-order valence-electron chi connectivity index (χ2n) is 3.35. The maximum Gasteiger partial charge on any atom is 0.241 e. The first-order valence-electron chi connectivity index (χ1n) is 5.06. The Labute approximate surface area is 108 Å². The number of aliphatic hydroxyl groups excluding tert-OH is 1. The highest BCUT2D eigenvalue weighted by Crippen LogP contribution is 2.21. The third-order valence-electron chi connectivity index (χ3n) is 2.18. The Morgan fingerprint density at radius 2 is 2.33 bits per heavy atom. The first kappa shape index (κ1) is 13.1. The van der Waals surface area contributed by atoms with E-state index in [0.29, 0.717) is 17.2 Å². The molecule has 98 valence electrons. The van der Waals surface area contributed by atoms with Crippen molar-refractivity contribution in [2.45, 2.75) is 17.9 Å². The van der Waals surface area contributed by atoms with E-state index in [1.165, 1.54) is 23.7 Å². The van der Waals surface area contributed by atoms with Crippen molar-refractivity contribution in [3.05, 3.63) is 28.5 Å². The maximum absolute atomic E-state index is 11.9. The van der Waals surface area contributed by atoms with Gasteiger partial charge in [0.2, 0.25) is 15.9 Å². The Balaban J connectivity index is 1.99. The molecule has 2 N–H and O–H groups in total. The van der Waals surface area contributed by atoms with Crippen LogP contribution in [0.4, 0.5) is 0 Å². The number of hydrogen-bond acceptors (Lipinski definition) is 7. The van der Waals surface area contributed by atoms with E-state index in [2.05, 4.69) is 14.9 Å². The molecule has 2 heterocycles. The zero-order valence-electron chi connectivity index (χ0n) is 9.24. The minimum Gasteiger partial charge on any atom is -0.391 e. The molecule has 0 aliphatic heterocycles. The molecule has 0 bridgehead atoms. The summed E-state index contributed by atoms with van der Waals surface area (Å²) in [5.41, 5.74) is 0. The summed E-state index contributed by atoms with van der Waals surface area (Å²) in [5.74, 6) is 0.366. The SMILES string of the molecule is O=S(=O)(NCCc1ncno1)c1ccsc1CO. The summed E-state index contributed by atoms with van der Waals surface area (Å²) in [6, 6.07) is 1.46. The monoisotopic (exact) mass is 289 g/mol. The van der Waals surface area contributed by atoms with Gasteiger partial charge < -0.3 is 9.63 Å². The van der Waals surface area contributed by atoms with Crippen LogP contribution in [0.25, 0.3) is 0 Å². The fourth-order valence-electron chi connectivity index (χ4n) is 1.36. The van der Waals surface area contributed by atoms with Gasteiger partial charge in [-0.1, -0.05) is 5.16 Å². The lowest BCUT2D eigenvalue weighted by Gasteiger charge is -2.05. The Kier molecular flexibility index (Phi) is 4.07. The van der Waals surface area contributed by atoms with E-state index in [0.717, 1.165) is 0 Å². The highest BCUT2D eigenvalue weighted by atomic mass is 32.2. The van der Waals surface area contributed by atoms with Gasteiger partial charge in [-0.2, -0.15) is 4.98 Å². The molecule has 0 saturated heterocycles. The van der Waals surface area contributed by atoms with Crippen LogP contribution in [0.1, 0.15) is 10.8 Å². The zero-order chi connectivity index (χ0) is 13.0. The van der Waals surface area contributed by atoms with Gasteiger partial charge in [-0.3, -0.25) is 0 Å². The molecule has 0 fully saturated rings. The fraction of sp³-hybridized carbons (Fsp3) is 0.333. The smallest absolute Gasteiger partial charge is 0.241 e. The molecule has 0 aliphatic rings. The Morgan fingerprint density at radius 1 is 1.50 bits per heavy atom. The van der Waals surface area contributed by atoms with Gasteiger partial charge in [-0.25, -0.2) is 13.1 Å². The van der Waals surface area contributed by atoms with E-state index >= 15 is 0 Å².